The molecule has 57 valence electrons. The van der Waals surface area contributed by atoms with Crippen LogP contribution in [0.2, 0.25) is 0 Å². The number of rotatable bonds is 5. The topological polar surface area (TPSA) is 0 Å². The Morgan fingerprint density at radius 1 is 1.10 bits per heavy atom. The lowest BCUT2D eigenvalue weighted by atomic mass is 10.1. The van der Waals surface area contributed by atoms with Crippen molar-refractivity contribution in [3.05, 3.63) is 6.92 Å². The summed E-state index contributed by atoms with van der Waals surface area (Å²) >= 11 is 0. The van der Waals surface area contributed by atoms with Gasteiger partial charge >= 0.3 is 0 Å². The number of halogens is 1. The third kappa shape index (κ3) is 7.49. The van der Waals surface area contributed by atoms with Crippen LogP contribution in [-0.2, 0) is 0 Å². The molecule has 0 amide bonds. The minimum atomic E-state index is 0.702. The van der Waals surface area contributed by atoms with Gasteiger partial charge in [0.1, 0.15) is 6.17 Å². The maximum Gasteiger partial charge on any atom is 0.105 e. The predicted octanol–water partition coefficient (Wildman–Crippen LogP) is 3.09. The molecule has 0 N–H and O–H groups in total. The number of hydrogen-bond acceptors (Lipinski definition) is 0. The van der Waals surface area contributed by atoms with E-state index >= 15 is 0 Å². The highest BCUT2D eigenvalue weighted by molar-refractivity contribution is 4.89. The van der Waals surface area contributed by atoms with Gasteiger partial charge in [-0.3, -0.25) is 0 Å². The first-order valence-corrected chi connectivity index (χ1v) is 3.79. The van der Waals surface area contributed by atoms with Crippen molar-refractivity contribution >= 4 is 0 Å². The first-order chi connectivity index (χ1) is 4.91. The quantitative estimate of drug-likeness (QED) is 0.407. The van der Waals surface area contributed by atoms with E-state index in [4.69, 9.17) is 0 Å². The molecule has 0 atom stereocenters. The Morgan fingerprint density at radius 2 is 1.80 bits per heavy atom. The largest absolute Gasteiger partial charge is 0.144 e. The van der Waals surface area contributed by atoms with Crippen molar-refractivity contribution < 1.29 is 4.39 Å². The summed E-state index contributed by atoms with van der Waals surface area (Å²) < 4.78 is 11.2. The molecule has 0 aromatic rings. The second-order valence-electron chi connectivity index (χ2n) is 2.29. The smallest absolute Gasteiger partial charge is 0.105 e. The summed E-state index contributed by atoms with van der Waals surface area (Å²) in [4.78, 5) is 0. The minimum Gasteiger partial charge on any atom is -0.144 e. The minimum absolute atomic E-state index is 0.702. The second-order valence-corrected chi connectivity index (χ2v) is 2.29. The summed E-state index contributed by atoms with van der Waals surface area (Å²) in [5, 5.41) is 0. The van der Waals surface area contributed by atoms with Crippen molar-refractivity contribution in [2.45, 2.75) is 38.5 Å². The molecule has 0 spiro atoms. The van der Waals surface area contributed by atoms with Gasteiger partial charge in [0.25, 0.3) is 0 Å². The highest BCUT2D eigenvalue weighted by atomic mass is 19.1. The molecule has 0 aromatic carbocycles. The average molecular weight is 141 g/mol. The number of unbranched alkanes of at least 4 members (excludes halogenated alkanes) is 5. The molecule has 0 heterocycles. The van der Waals surface area contributed by atoms with E-state index < -0.39 is 0 Å². The fourth-order valence-corrected chi connectivity index (χ4v) is 0.791. The molecule has 0 aliphatic heterocycles. The Morgan fingerprint density at radius 3 is 2.40 bits per heavy atom. The molecule has 0 rings (SSSR count). The van der Waals surface area contributed by atoms with Gasteiger partial charge < -0.3 is 0 Å². The van der Waals surface area contributed by atoms with Crippen LogP contribution in [0.3, 0.4) is 0 Å². The van der Waals surface area contributed by atoms with Crippen LogP contribution < -0.4 is 0 Å². The van der Waals surface area contributed by atoms with E-state index in [0.717, 1.165) is 19.3 Å². The predicted molar refractivity (Wildman–Crippen MR) is 41.9 cm³/mol. The van der Waals surface area contributed by atoms with Gasteiger partial charge in [0.2, 0.25) is 0 Å². The van der Waals surface area contributed by atoms with Gasteiger partial charge in [-0.2, -0.15) is 0 Å². The highest BCUT2D eigenvalue weighted by Gasteiger charge is 1.85. The zero-order valence-corrected chi connectivity index (χ0v) is 6.33. The Kier molecular flexibility index (Phi) is 8.06. The lowest BCUT2D eigenvalue weighted by Gasteiger charge is -1.93. The van der Waals surface area contributed by atoms with Crippen LogP contribution in [0, 0.1) is 19.0 Å². The molecule has 0 saturated heterocycles. The molecular weight excluding hydrogens is 127 g/mol. The van der Waals surface area contributed by atoms with Crippen molar-refractivity contribution in [2.24, 2.45) is 0 Å². The third-order valence-electron chi connectivity index (χ3n) is 1.37. The Bertz CT molecular complexity index is 108. The molecule has 0 unspecified atom stereocenters. The molecule has 1 heteroatoms. The van der Waals surface area contributed by atoms with Gasteiger partial charge in [-0.05, 0) is 6.42 Å². The Balaban J connectivity index is 2.82. The second kappa shape index (κ2) is 8.49. The third-order valence-corrected chi connectivity index (χ3v) is 1.37. The van der Waals surface area contributed by atoms with Crippen LogP contribution in [0.4, 0.5) is 4.39 Å². The highest BCUT2D eigenvalue weighted by Crippen LogP contribution is 2.03. The van der Waals surface area contributed by atoms with Gasteiger partial charge in [-0.25, -0.2) is 0 Å². The maximum atomic E-state index is 11.2. The zero-order valence-electron chi connectivity index (χ0n) is 6.33. The summed E-state index contributed by atoms with van der Waals surface area (Å²) in [5.41, 5.74) is 0. The monoisotopic (exact) mass is 141 g/mol. The van der Waals surface area contributed by atoms with Crippen LogP contribution >= 0.6 is 0 Å². The molecule has 0 nitrogen and oxygen atoms in total. The van der Waals surface area contributed by atoms with Crippen molar-refractivity contribution in [1.29, 1.82) is 0 Å². The van der Waals surface area contributed by atoms with E-state index in [2.05, 4.69) is 12.8 Å². The molecule has 0 aliphatic carbocycles. The summed E-state index contributed by atoms with van der Waals surface area (Å²) in [5.74, 6) is 2.39. The van der Waals surface area contributed by atoms with Crippen LogP contribution in [0.15, 0.2) is 0 Å². The molecule has 0 saturated carbocycles. The SMILES string of the molecule is [CH2]CCCCCCC#CF. The summed E-state index contributed by atoms with van der Waals surface area (Å²) in [6, 6.07) is 0. The van der Waals surface area contributed by atoms with Crippen molar-refractivity contribution in [3.63, 3.8) is 0 Å². The van der Waals surface area contributed by atoms with Gasteiger partial charge in [0, 0.05) is 6.42 Å². The van der Waals surface area contributed by atoms with E-state index in [1.165, 1.54) is 19.0 Å². The van der Waals surface area contributed by atoms with E-state index in [-0.39, 0.29) is 0 Å². The van der Waals surface area contributed by atoms with Gasteiger partial charge in [0.05, 0.1) is 0 Å². The van der Waals surface area contributed by atoms with Crippen molar-refractivity contribution in [2.75, 3.05) is 0 Å². The first kappa shape index (κ1) is 9.49. The van der Waals surface area contributed by atoms with Crippen molar-refractivity contribution in [1.82, 2.24) is 0 Å². The Labute approximate surface area is 62.8 Å². The van der Waals surface area contributed by atoms with Gasteiger partial charge in [0.15, 0.2) is 0 Å². The first-order valence-electron chi connectivity index (χ1n) is 3.79. The molecule has 1 radical (unpaired) electrons. The number of hydrogen-bond donors (Lipinski definition) is 0. The molecule has 0 aromatic heterocycles. The lowest BCUT2D eigenvalue weighted by molar-refractivity contribution is 0.654. The van der Waals surface area contributed by atoms with E-state index in [0.29, 0.717) is 6.42 Å². The fourth-order valence-electron chi connectivity index (χ4n) is 0.791. The van der Waals surface area contributed by atoms with E-state index in [9.17, 15) is 4.39 Å². The molecular formula is C9H14F. The summed E-state index contributed by atoms with van der Waals surface area (Å²) in [7, 11) is 0. The molecule has 0 fully saturated rings. The maximum absolute atomic E-state index is 11.2. The summed E-state index contributed by atoms with van der Waals surface area (Å²) in [6.07, 6.45) is 7.68. The van der Waals surface area contributed by atoms with Crippen LogP contribution in [-0.4, -0.2) is 0 Å². The van der Waals surface area contributed by atoms with Crippen LogP contribution in [0.5, 0.6) is 0 Å². The molecule has 0 aliphatic rings. The molecule has 10 heavy (non-hydrogen) atoms. The van der Waals surface area contributed by atoms with Crippen molar-refractivity contribution in [3.8, 4) is 12.1 Å². The van der Waals surface area contributed by atoms with Crippen LogP contribution in [0.1, 0.15) is 38.5 Å². The van der Waals surface area contributed by atoms with Gasteiger partial charge in [-0.1, -0.05) is 38.5 Å². The normalized spacial score (nSPS) is 8.60. The van der Waals surface area contributed by atoms with E-state index in [1.54, 1.807) is 0 Å². The fraction of sp³-hybridized carbons (Fsp3) is 0.667. The molecule has 0 bridgehead atoms. The Hall–Kier alpha value is -0.510. The summed E-state index contributed by atoms with van der Waals surface area (Å²) in [6.45, 7) is 3.73. The lowest BCUT2D eigenvalue weighted by Crippen LogP contribution is -1.75. The van der Waals surface area contributed by atoms with Crippen LogP contribution in [0.25, 0.3) is 0 Å². The average Bonchev–Trinajstić information content (AvgIpc) is 1.97. The standard InChI is InChI=1S/C9H14F/c1-2-3-4-5-6-7-8-9-10/h1-7H2. The van der Waals surface area contributed by atoms with Gasteiger partial charge in [-0.15, -0.1) is 4.39 Å². The zero-order chi connectivity index (χ0) is 7.66. The van der Waals surface area contributed by atoms with E-state index in [1.807, 2.05) is 0 Å².